The van der Waals surface area contributed by atoms with E-state index in [9.17, 15) is 4.79 Å². The van der Waals surface area contributed by atoms with Crippen LogP contribution in [0.1, 0.15) is 30.3 Å². The molecular weight excluding hydrogens is 298 g/mol. The van der Waals surface area contributed by atoms with Crippen molar-refractivity contribution in [3.8, 4) is 0 Å². The fraction of sp³-hybridized carbons (Fsp3) is 0.533. The molecule has 0 spiro atoms. The molecule has 1 atom stereocenters. The molecule has 0 bridgehead atoms. The van der Waals surface area contributed by atoms with Crippen LogP contribution >= 0.6 is 0 Å². The lowest BCUT2D eigenvalue weighted by molar-refractivity contribution is -0.0194. The third-order valence-electron chi connectivity index (χ3n) is 3.86. The number of oxazole rings is 1. The number of carbonyl (C=O) groups is 1. The highest BCUT2D eigenvalue weighted by molar-refractivity contribution is 5.74. The molecule has 3 heterocycles. The van der Waals surface area contributed by atoms with E-state index < -0.39 is 0 Å². The predicted molar refractivity (Wildman–Crippen MR) is 81.6 cm³/mol. The van der Waals surface area contributed by atoms with Crippen molar-refractivity contribution in [2.75, 3.05) is 19.7 Å². The monoisotopic (exact) mass is 319 g/mol. The van der Waals surface area contributed by atoms with Crippen molar-refractivity contribution in [2.45, 2.75) is 26.0 Å². The molecule has 0 saturated carbocycles. The van der Waals surface area contributed by atoms with Crippen molar-refractivity contribution in [1.29, 1.82) is 0 Å². The van der Waals surface area contributed by atoms with Gasteiger partial charge in [-0.25, -0.2) is 9.78 Å². The fourth-order valence-electron chi connectivity index (χ4n) is 2.58. The maximum atomic E-state index is 12.3. The highest BCUT2D eigenvalue weighted by Gasteiger charge is 2.27. The zero-order valence-corrected chi connectivity index (χ0v) is 13.4. The number of aromatic nitrogens is 3. The Morgan fingerprint density at radius 1 is 1.52 bits per heavy atom. The first-order chi connectivity index (χ1) is 11.2. The molecule has 8 heteroatoms. The van der Waals surface area contributed by atoms with Gasteiger partial charge in [-0.3, -0.25) is 4.68 Å². The summed E-state index contributed by atoms with van der Waals surface area (Å²) < 4.78 is 12.8. The van der Waals surface area contributed by atoms with E-state index in [4.69, 9.17) is 9.15 Å². The number of hydrogen-bond donors (Lipinski definition) is 1. The second kappa shape index (κ2) is 6.82. The van der Waals surface area contributed by atoms with Gasteiger partial charge < -0.3 is 19.4 Å². The highest BCUT2D eigenvalue weighted by Crippen LogP contribution is 2.21. The zero-order valence-electron chi connectivity index (χ0n) is 13.4. The first-order valence-electron chi connectivity index (χ1n) is 7.73. The molecule has 2 aromatic rings. The Kier molecular flexibility index (Phi) is 4.61. The molecule has 1 aliphatic heterocycles. The van der Waals surface area contributed by atoms with Gasteiger partial charge >= 0.3 is 6.03 Å². The minimum Gasteiger partial charge on any atom is -0.449 e. The standard InChI is InChI=1S/C15H21N5O3/c1-3-14-18-11(10-23-14)8-16-15(21)20-6-7-22-13(9-20)12-4-5-17-19(12)2/h4-5,10,13H,3,6-9H2,1-2H3,(H,16,21). The van der Waals surface area contributed by atoms with Crippen molar-refractivity contribution in [2.24, 2.45) is 7.05 Å². The maximum absolute atomic E-state index is 12.3. The lowest BCUT2D eigenvalue weighted by Crippen LogP contribution is -2.47. The molecule has 1 unspecified atom stereocenters. The van der Waals surface area contributed by atoms with Crippen molar-refractivity contribution < 1.29 is 13.9 Å². The molecule has 1 aliphatic rings. The first-order valence-corrected chi connectivity index (χ1v) is 7.73. The average molecular weight is 319 g/mol. The summed E-state index contributed by atoms with van der Waals surface area (Å²) in [6.07, 6.45) is 3.90. The summed E-state index contributed by atoms with van der Waals surface area (Å²) in [5.41, 5.74) is 1.69. The Morgan fingerprint density at radius 3 is 3.09 bits per heavy atom. The third-order valence-corrected chi connectivity index (χ3v) is 3.86. The van der Waals surface area contributed by atoms with Gasteiger partial charge in [0, 0.05) is 26.2 Å². The number of aryl methyl sites for hydroxylation is 2. The molecule has 1 fully saturated rings. The molecule has 23 heavy (non-hydrogen) atoms. The van der Waals surface area contributed by atoms with Crippen LogP contribution in [0.5, 0.6) is 0 Å². The Morgan fingerprint density at radius 2 is 2.39 bits per heavy atom. The van der Waals surface area contributed by atoms with Gasteiger partial charge in [0.15, 0.2) is 5.89 Å². The van der Waals surface area contributed by atoms with Crippen LogP contribution in [-0.2, 0) is 24.8 Å². The van der Waals surface area contributed by atoms with Crippen LogP contribution in [0.4, 0.5) is 4.79 Å². The second-order valence-corrected chi connectivity index (χ2v) is 5.43. The third kappa shape index (κ3) is 3.53. The van der Waals surface area contributed by atoms with Gasteiger partial charge in [-0.15, -0.1) is 0 Å². The van der Waals surface area contributed by atoms with Gasteiger partial charge in [0.25, 0.3) is 0 Å². The van der Waals surface area contributed by atoms with E-state index in [1.807, 2.05) is 20.0 Å². The number of rotatable bonds is 4. The molecule has 0 radical (unpaired) electrons. The van der Waals surface area contributed by atoms with Gasteiger partial charge in [-0.05, 0) is 6.07 Å². The van der Waals surface area contributed by atoms with Crippen LogP contribution < -0.4 is 5.32 Å². The summed E-state index contributed by atoms with van der Waals surface area (Å²) in [6.45, 7) is 3.91. The lowest BCUT2D eigenvalue weighted by Gasteiger charge is -2.32. The van der Waals surface area contributed by atoms with E-state index in [0.717, 1.165) is 17.8 Å². The number of ether oxygens (including phenoxy) is 1. The van der Waals surface area contributed by atoms with Gasteiger partial charge in [-0.1, -0.05) is 6.92 Å². The Hall–Kier alpha value is -2.35. The topological polar surface area (TPSA) is 85.4 Å². The highest BCUT2D eigenvalue weighted by atomic mass is 16.5. The van der Waals surface area contributed by atoms with Crippen LogP contribution in [0.3, 0.4) is 0 Å². The molecule has 2 amide bonds. The van der Waals surface area contributed by atoms with Crippen LogP contribution in [0.2, 0.25) is 0 Å². The minimum atomic E-state index is -0.152. The lowest BCUT2D eigenvalue weighted by atomic mass is 10.2. The first kappa shape index (κ1) is 15.5. The van der Waals surface area contributed by atoms with Gasteiger partial charge in [0.2, 0.25) is 0 Å². The summed E-state index contributed by atoms with van der Waals surface area (Å²) >= 11 is 0. The molecule has 1 N–H and O–H groups in total. The Bertz CT molecular complexity index is 666. The maximum Gasteiger partial charge on any atom is 0.317 e. The minimum absolute atomic E-state index is 0.124. The van der Waals surface area contributed by atoms with Crippen molar-refractivity contribution in [3.05, 3.63) is 35.8 Å². The van der Waals surface area contributed by atoms with Crippen molar-refractivity contribution >= 4 is 6.03 Å². The quantitative estimate of drug-likeness (QED) is 0.917. The summed E-state index contributed by atoms with van der Waals surface area (Å²) in [5, 5.41) is 7.02. The number of carbonyl (C=O) groups excluding carboxylic acids is 1. The summed E-state index contributed by atoms with van der Waals surface area (Å²) in [5.74, 6) is 0.678. The van der Waals surface area contributed by atoms with Crippen molar-refractivity contribution in [1.82, 2.24) is 25.0 Å². The van der Waals surface area contributed by atoms with Crippen molar-refractivity contribution in [3.63, 3.8) is 0 Å². The average Bonchev–Trinajstić information content (AvgIpc) is 3.21. The molecule has 3 rings (SSSR count). The predicted octanol–water partition coefficient (Wildman–Crippen LogP) is 1.25. The smallest absolute Gasteiger partial charge is 0.317 e. The number of amides is 2. The summed E-state index contributed by atoms with van der Waals surface area (Å²) in [6, 6.07) is 1.79. The number of nitrogens with one attached hydrogen (secondary N) is 1. The number of hydrogen-bond acceptors (Lipinski definition) is 5. The van der Waals surface area contributed by atoms with Crippen LogP contribution in [0.15, 0.2) is 22.9 Å². The normalized spacial score (nSPS) is 18.2. The van der Waals surface area contributed by atoms with Crippen LogP contribution in [-0.4, -0.2) is 45.4 Å². The van der Waals surface area contributed by atoms with Crippen LogP contribution in [0.25, 0.3) is 0 Å². The Balaban J connectivity index is 1.55. The van der Waals surface area contributed by atoms with E-state index >= 15 is 0 Å². The van der Waals surface area contributed by atoms with E-state index in [0.29, 0.717) is 32.1 Å². The number of nitrogens with zero attached hydrogens (tertiary/aromatic N) is 4. The van der Waals surface area contributed by atoms with E-state index in [1.54, 1.807) is 22.0 Å². The molecule has 8 nitrogen and oxygen atoms in total. The fourth-order valence-corrected chi connectivity index (χ4v) is 2.58. The van der Waals surface area contributed by atoms with E-state index in [1.165, 1.54) is 0 Å². The van der Waals surface area contributed by atoms with Gasteiger partial charge in [0.05, 0.1) is 31.1 Å². The summed E-state index contributed by atoms with van der Waals surface area (Å²) in [7, 11) is 1.87. The van der Waals surface area contributed by atoms with Gasteiger partial charge in [0.1, 0.15) is 12.4 Å². The summed E-state index contributed by atoms with van der Waals surface area (Å²) in [4.78, 5) is 18.4. The zero-order chi connectivity index (χ0) is 16.2. The SMILES string of the molecule is CCc1nc(CNC(=O)N2CCOC(c3ccnn3C)C2)co1. The molecule has 124 valence electrons. The van der Waals surface area contributed by atoms with Gasteiger partial charge in [-0.2, -0.15) is 5.10 Å². The molecule has 1 saturated heterocycles. The number of urea groups is 1. The molecule has 0 aromatic carbocycles. The number of morpholine rings is 1. The van der Waals surface area contributed by atoms with E-state index in [-0.39, 0.29) is 12.1 Å². The van der Waals surface area contributed by atoms with E-state index in [2.05, 4.69) is 15.4 Å². The second-order valence-electron chi connectivity index (χ2n) is 5.43. The molecular formula is C15H21N5O3. The Labute approximate surface area is 134 Å². The molecule has 0 aliphatic carbocycles. The largest absolute Gasteiger partial charge is 0.449 e. The molecule has 2 aromatic heterocycles. The van der Waals surface area contributed by atoms with Crippen LogP contribution in [0, 0.1) is 0 Å².